The van der Waals surface area contributed by atoms with Gasteiger partial charge in [0, 0.05) is 11.1 Å². The first kappa shape index (κ1) is 18.4. The Morgan fingerprint density at radius 1 is 0.885 bits per heavy atom. The zero-order valence-electron chi connectivity index (χ0n) is 15.3. The van der Waals surface area contributed by atoms with Gasteiger partial charge in [-0.25, -0.2) is 0 Å². The Balaban J connectivity index is 2.20. The maximum Gasteiger partial charge on any atom is 0.203 e. The molecule has 0 saturated carbocycles. The van der Waals surface area contributed by atoms with Crippen molar-refractivity contribution >= 4 is 0 Å². The molecule has 0 spiro atoms. The Morgan fingerprint density at radius 2 is 1.65 bits per heavy atom. The highest BCUT2D eigenvalue weighted by Gasteiger charge is 2.22. The van der Waals surface area contributed by atoms with Gasteiger partial charge in [-0.15, -0.1) is 0 Å². The van der Waals surface area contributed by atoms with Crippen molar-refractivity contribution in [1.29, 1.82) is 0 Å². The number of methoxy groups -OCH3 is 2. The van der Waals surface area contributed by atoms with Gasteiger partial charge in [0.25, 0.3) is 0 Å². The minimum Gasteiger partial charge on any atom is -0.507 e. The summed E-state index contributed by atoms with van der Waals surface area (Å²) >= 11 is 0. The van der Waals surface area contributed by atoms with Crippen LogP contribution in [-0.4, -0.2) is 35.6 Å². The van der Waals surface area contributed by atoms with Gasteiger partial charge < -0.3 is 24.8 Å². The number of rotatable bonds is 2. The van der Waals surface area contributed by atoms with Crippen molar-refractivity contribution in [1.82, 2.24) is 0 Å². The van der Waals surface area contributed by atoms with Crippen LogP contribution >= 0.6 is 0 Å². The van der Waals surface area contributed by atoms with Gasteiger partial charge in [0.2, 0.25) is 5.75 Å². The third kappa shape index (κ3) is 3.58. The number of phenolic OH excluding ortho intramolecular Hbond substituents is 2. The zero-order chi connectivity index (χ0) is 18.7. The minimum absolute atomic E-state index is 0.0459. The van der Waals surface area contributed by atoms with E-state index in [1.165, 1.54) is 7.11 Å². The van der Waals surface area contributed by atoms with Gasteiger partial charge >= 0.3 is 0 Å². The molecule has 0 aliphatic heterocycles. The second kappa shape index (κ2) is 7.87. The van der Waals surface area contributed by atoms with E-state index in [1.807, 2.05) is 18.2 Å². The maximum absolute atomic E-state index is 10.7. The molecule has 1 aliphatic carbocycles. The van der Waals surface area contributed by atoms with E-state index in [-0.39, 0.29) is 23.4 Å². The van der Waals surface area contributed by atoms with Gasteiger partial charge in [-0.05, 0) is 61.4 Å². The van der Waals surface area contributed by atoms with Crippen LogP contribution in [0.2, 0.25) is 0 Å². The lowest BCUT2D eigenvalue weighted by atomic mass is 9.95. The Morgan fingerprint density at radius 3 is 2.38 bits per heavy atom. The van der Waals surface area contributed by atoms with Gasteiger partial charge in [0.05, 0.1) is 20.3 Å². The molecule has 5 heteroatoms. The topological polar surface area (TPSA) is 79.2 Å². The first-order valence-corrected chi connectivity index (χ1v) is 9.02. The fourth-order valence-electron chi connectivity index (χ4n) is 3.62. The molecule has 1 atom stereocenters. The Labute approximate surface area is 153 Å². The zero-order valence-corrected chi connectivity index (χ0v) is 15.3. The highest BCUT2D eigenvalue weighted by Crippen LogP contribution is 2.48. The van der Waals surface area contributed by atoms with Crippen molar-refractivity contribution in [2.75, 3.05) is 14.2 Å². The van der Waals surface area contributed by atoms with Crippen molar-refractivity contribution in [2.24, 2.45) is 0 Å². The molecule has 4 bridgehead atoms. The van der Waals surface area contributed by atoms with Crippen LogP contribution in [0.3, 0.4) is 0 Å². The molecule has 0 amide bonds. The fourth-order valence-corrected chi connectivity index (χ4v) is 3.62. The summed E-state index contributed by atoms with van der Waals surface area (Å²) in [4.78, 5) is 0. The number of aromatic hydroxyl groups is 2. The average Bonchev–Trinajstić information content (AvgIpc) is 2.65. The molecule has 2 aromatic rings. The predicted octanol–water partition coefficient (Wildman–Crippen LogP) is 3.80. The number of aryl methyl sites for hydroxylation is 2. The second-order valence-electron chi connectivity index (χ2n) is 6.79. The van der Waals surface area contributed by atoms with Gasteiger partial charge in [-0.2, -0.15) is 0 Å². The molecule has 26 heavy (non-hydrogen) atoms. The van der Waals surface area contributed by atoms with Crippen LogP contribution in [0.1, 0.15) is 36.8 Å². The maximum atomic E-state index is 10.7. The Bertz CT molecular complexity index is 784. The number of fused-ring (bicyclic) bond motifs is 5. The third-order valence-corrected chi connectivity index (χ3v) is 5.05. The fraction of sp³-hybridized carbons (Fsp3) is 0.429. The number of hydrogen-bond acceptors (Lipinski definition) is 5. The Hall–Kier alpha value is -2.40. The number of benzene rings is 2. The second-order valence-corrected chi connectivity index (χ2v) is 6.79. The molecule has 0 heterocycles. The number of ether oxygens (including phenoxy) is 2. The standard InChI is InChI=1S/C21H26O5/c1-25-20-14-5-3-4-6-15(22)9-7-13-8-10-18(23)16(11-13)17(12-14)19(24)21(20)26-2/h8,10-12,15,22-24H,3-7,9H2,1-2H3. The number of phenols is 2. The molecule has 0 aromatic heterocycles. The molecule has 0 saturated heterocycles. The monoisotopic (exact) mass is 358 g/mol. The molecule has 5 nitrogen and oxygen atoms in total. The van der Waals surface area contributed by atoms with Crippen LogP contribution in [0.25, 0.3) is 11.1 Å². The SMILES string of the molecule is COc1c2cc(c(O)c1OC)-c1cc(ccc1O)CCC(O)CCCC2. The molecule has 2 aromatic carbocycles. The largest absolute Gasteiger partial charge is 0.507 e. The first-order valence-electron chi connectivity index (χ1n) is 9.02. The van der Waals surface area contributed by atoms with Crippen molar-refractivity contribution in [3.8, 4) is 34.1 Å². The van der Waals surface area contributed by atoms with Gasteiger partial charge in [0.1, 0.15) is 5.75 Å². The van der Waals surface area contributed by atoms with Crippen LogP contribution in [0.5, 0.6) is 23.0 Å². The van der Waals surface area contributed by atoms with Gasteiger partial charge in [-0.1, -0.05) is 12.5 Å². The Kier molecular flexibility index (Phi) is 5.57. The summed E-state index contributed by atoms with van der Waals surface area (Å²) in [6.45, 7) is 0. The number of aliphatic hydroxyl groups excluding tert-OH is 1. The van der Waals surface area contributed by atoms with E-state index in [2.05, 4.69) is 0 Å². The molecular weight excluding hydrogens is 332 g/mol. The summed E-state index contributed by atoms with van der Waals surface area (Å²) in [6.07, 6.45) is 4.36. The molecular formula is C21H26O5. The molecule has 3 rings (SSSR count). The third-order valence-electron chi connectivity index (χ3n) is 5.05. The highest BCUT2D eigenvalue weighted by molar-refractivity contribution is 5.81. The number of hydrogen-bond donors (Lipinski definition) is 3. The van der Waals surface area contributed by atoms with Gasteiger partial charge in [0.15, 0.2) is 11.5 Å². The lowest BCUT2D eigenvalue weighted by Gasteiger charge is -2.18. The van der Waals surface area contributed by atoms with Crippen LogP contribution in [0.15, 0.2) is 24.3 Å². The summed E-state index contributed by atoms with van der Waals surface area (Å²) in [5.74, 6) is 0.840. The number of aliphatic hydroxyl groups is 1. The molecule has 3 N–H and O–H groups in total. The van der Waals surface area contributed by atoms with Crippen molar-refractivity contribution in [2.45, 2.75) is 44.6 Å². The molecule has 0 fully saturated rings. The lowest BCUT2D eigenvalue weighted by molar-refractivity contribution is 0.151. The molecule has 1 unspecified atom stereocenters. The summed E-state index contributed by atoms with van der Waals surface area (Å²) < 4.78 is 10.9. The van der Waals surface area contributed by atoms with Crippen LogP contribution < -0.4 is 9.47 Å². The van der Waals surface area contributed by atoms with Crippen LogP contribution in [-0.2, 0) is 12.8 Å². The molecule has 0 radical (unpaired) electrons. The van der Waals surface area contributed by atoms with Crippen LogP contribution in [0, 0.1) is 0 Å². The molecule has 140 valence electrons. The van der Waals surface area contributed by atoms with E-state index in [0.717, 1.165) is 43.2 Å². The van der Waals surface area contributed by atoms with Crippen molar-refractivity contribution in [3.05, 3.63) is 35.4 Å². The van der Waals surface area contributed by atoms with E-state index in [9.17, 15) is 15.3 Å². The normalized spacial score (nSPS) is 17.6. The highest BCUT2D eigenvalue weighted by atomic mass is 16.5. The quantitative estimate of drug-likeness (QED) is 0.761. The van der Waals surface area contributed by atoms with E-state index >= 15 is 0 Å². The summed E-state index contributed by atoms with van der Waals surface area (Å²) in [7, 11) is 3.04. The van der Waals surface area contributed by atoms with Gasteiger partial charge in [-0.3, -0.25) is 0 Å². The van der Waals surface area contributed by atoms with Crippen molar-refractivity contribution in [3.63, 3.8) is 0 Å². The predicted molar refractivity (Wildman–Crippen MR) is 100 cm³/mol. The molecule has 1 aliphatic rings. The smallest absolute Gasteiger partial charge is 0.203 e. The minimum atomic E-state index is -0.332. The van der Waals surface area contributed by atoms with E-state index in [1.54, 1.807) is 13.2 Å². The lowest BCUT2D eigenvalue weighted by Crippen LogP contribution is -2.08. The van der Waals surface area contributed by atoms with Crippen LogP contribution in [0.4, 0.5) is 0 Å². The van der Waals surface area contributed by atoms with Crippen molar-refractivity contribution < 1.29 is 24.8 Å². The average molecular weight is 358 g/mol. The summed E-state index contributed by atoms with van der Waals surface area (Å²) in [5, 5.41) is 31.3. The summed E-state index contributed by atoms with van der Waals surface area (Å²) in [6, 6.07) is 7.21. The van der Waals surface area contributed by atoms with E-state index < -0.39 is 0 Å². The van der Waals surface area contributed by atoms with E-state index in [4.69, 9.17) is 9.47 Å². The van der Waals surface area contributed by atoms with E-state index in [0.29, 0.717) is 23.3 Å². The first-order chi connectivity index (χ1) is 12.5. The summed E-state index contributed by atoms with van der Waals surface area (Å²) in [5.41, 5.74) is 3.00.